The minimum atomic E-state index is -3.89. The van der Waals surface area contributed by atoms with Crippen LogP contribution in [0.3, 0.4) is 0 Å². The Bertz CT molecular complexity index is 768. The van der Waals surface area contributed by atoms with Crippen molar-refractivity contribution < 1.29 is 13.2 Å². The second-order valence-corrected chi connectivity index (χ2v) is 6.62. The molecule has 21 heavy (non-hydrogen) atoms. The van der Waals surface area contributed by atoms with Crippen molar-refractivity contribution >= 4 is 39.1 Å². The van der Waals surface area contributed by atoms with Gasteiger partial charge in [0.05, 0.1) is 6.20 Å². The number of aryl methyl sites for hydroxylation is 1. The highest BCUT2D eigenvalue weighted by Crippen LogP contribution is 2.18. The number of aromatic nitrogens is 2. The van der Waals surface area contributed by atoms with E-state index >= 15 is 0 Å². The van der Waals surface area contributed by atoms with Gasteiger partial charge in [-0.3, -0.25) is 14.9 Å². The van der Waals surface area contributed by atoms with Crippen molar-refractivity contribution in [2.24, 2.45) is 7.05 Å². The fourth-order valence-corrected chi connectivity index (χ4v) is 2.82. The summed E-state index contributed by atoms with van der Waals surface area (Å²) < 4.78 is 25.1. The first kappa shape index (κ1) is 15.8. The quantitative estimate of drug-likeness (QED) is 0.815. The van der Waals surface area contributed by atoms with Crippen LogP contribution in [0, 0.1) is 0 Å². The SMILES string of the molecule is Cn1cc(S(=O)(=O)NNC(=O)c2cc(Cl)cc(Cl)c2)cn1. The van der Waals surface area contributed by atoms with Crippen LogP contribution in [0.25, 0.3) is 0 Å². The van der Waals surface area contributed by atoms with E-state index in [1.807, 2.05) is 4.83 Å². The minimum absolute atomic E-state index is 0.0746. The average molecular weight is 349 g/mol. The van der Waals surface area contributed by atoms with Gasteiger partial charge in [-0.25, -0.2) is 8.42 Å². The lowest BCUT2D eigenvalue weighted by atomic mass is 10.2. The molecule has 0 saturated carbocycles. The van der Waals surface area contributed by atoms with Gasteiger partial charge < -0.3 is 0 Å². The number of nitrogens with one attached hydrogen (secondary N) is 2. The number of benzene rings is 1. The molecule has 0 spiro atoms. The van der Waals surface area contributed by atoms with Gasteiger partial charge in [-0.1, -0.05) is 23.2 Å². The van der Waals surface area contributed by atoms with Gasteiger partial charge in [0, 0.05) is 28.9 Å². The van der Waals surface area contributed by atoms with E-state index in [1.165, 1.54) is 29.1 Å². The molecule has 112 valence electrons. The lowest BCUT2D eigenvalue weighted by Crippen LogP contribution is -2.41. The van der Waals surface area contributed by atoms with Crippen LogP contribution in [0.4, 0.5) is 0 Å². The summed E-state index contributed by atoms with van der Waals surface area (Å²) in [6.45, 7) is 0. The van der Waals surface area contributed by atoms with Gasteiger partial charge in [-0.05, 0) is 18.2 Å². The minimum Gasteiger partial charge on any atom is -0.274 e. The van der Waals surface area contributed by atoms with E-state index in [-0.39, 0.29) is 20.5 Å². The molecule has 0 unspecified atom stereocenters. The third-order valence-corrected chi connectivity index (χ3v) is 4.05. The Morgan fingerprint density at radius 3 is 2.38 bits per heavy atom. The van der Waals surface area contributed by atoms with Crippen molar-refractivity contribution in [1.82, 2.24) is 20.0 Å². The predicted molar refractivity (Wildman–Crippen MR) is 77.5 cm³/mol. The second kappa shape index (κ2) is 6.02. The summed E-state index contributed by atoms with van der Waals surface area (Å²) in [7, 11) is -2.32. The molecule has 0 bridgehead atoms. The number of carbonyl (C=O) groups is 1. The van der Waals surface area contributed by atoms with Crippen molar-refractivity contribution in [3.05, 3.63) is 46.2 Å². The molecule has 7 nitrogen and oxygen atoms in total. The average Bonchev–Trinajstić information content (AvgIpc) is 2.82. The Kier molecular flexibility index (Phi) is 4.52. The van der Waals surface area contributed by atoms with Crippen molar-refractivity contribution in [3.8, 4) is 0 Å². The smallest absolute Gasteiger partial charge is 0.266 e. The highest BCUT2D eigenvalue weighted by Gasteiger charge is 2.17. The van der Waals surface area contributed by atoms with Crippen molar-refractivity contribution in [3.63, 3.8) is 0 Å². The predicted octanol–water partition coefficient (Wildman–Crippen LogP) is 1.35. The van der Waals surface area contributed by atoms with Crippen LogP contribution >= 0.6 is 23.2 Å². The largest absolute Gasteiger partial charge is 0.274 e. The third kappa shape index (κ3) is 3.94. The van der Waals surface area contributed by atoms with Gasteiger partial charge in [-0.2, -0.15) is 5.10 Å². The number of halogens is 2. The number of nitrogens with zero attached hydrogens (tertiary/aromatic N) is 2. The van der Waals surface area contributed by atoms with E-state index < -0.39 is 15.9 Å². The molecule has 0 aliphatic carbocycles. The molecule has 0 aliphatic heterocycles. The van der Waals surface area contributed by atoms with Gasteiger partial charge in [0.2, 0.25) is 0 Å². The summed E-state index contributed by atoms with van der Waals surface area (Å²) in [4.78, 5) is 13.7. The van der Waals surface area contributed by atoms with E-state index in [0.717, 1.165) is 6.20 Å². The molecular weight excluding hydrogens is 339 g/mol. The fraction of sp³-hybridized carbons (Fsp3) is 0.0909. The topological polar surface area (TPSA) is 93.1 Å². The number of hydrazine groups is 1. The van der Waals surface area contributed by atoms with E-state index in [0.29, 0.717) is 0 Å². The maximum absolute atomic E-state index is 11.9. The summed E-state index contributed by atoms with van der Waals surface area (Å²) in [5.41, 5.74) is 2.20. The van der Waals surface area contributed by atoms with Crippen LogP contribution < -0.4 is 10.3 Å². The molecule has 0 radical (unpaired) electrons. The van der Waals surface area contributed by atoms with Crippen LogP contribution in [0.15, 0.2) is 35.5 Å². The van der Waals surface area contributed by atoms with E-state index in [2.05, 4.69) is 10.5 Å². The number of sulfonamides is 1. The number of hydrogen-bond acceptors (Lipinski definition) is 4. The Morgan fingerprint density at radius 1 is 1.24 bits per heavy atom. The Morgan fingerprint density at radius 2 is 1.86 bits per heavy atom. The summed E-state index contributed by atoms with van der Waals surface area (Å²) in [6.07, 6.45) is 2.45. The molecule has 0 atom stereocenters. The highest BCUT2D eigenvalue weighted by molar-refractivity contribution is 7.89. The van der Waals surface area contributed by atoms with Gasteiger partial charge in [0.25, 0.3) is 15.9 Å². The second-order valence-electron chi connectivity index (χ2n) is 4.07. The molecule has 0 saturated heterocycles. The van der Waals surface area contributed by atoms with Crippen LogP contribution in [-0.2, 0) is 17.1 Å². The Balaban J connectivity index is 2.10. The van der Waals surface area contributed by atoms with Gasteiger partial charge in [-0.15, -0.1) is 4.83 Å². The maximum Gasteiger partial charge on any atom is 0.266 e. The van der Waals surface area contributed by atoms with Crippen LogP contribution in [0.2, 0.25) is 10.0 Å². The molecule has 0 fully saturated rings. The molecule has 0 aliphatic rings. The molecule has 1 heterocycles. The van der Waals surface area contributed by atoms with Crippen molar-refractivity contribution in [2.45, 2.75) is 4.90 Å². The van der Waals surface area contributed by atoms with E-state index in [9.17, 15) is 13.2 Å². The number of rotatable bonds is 4. The monoisotopic (exact) mass is 348 g/mol. The van der Waals surface area contributed by atoms with Crippen LogP contribution in [0.5, 0.6) is 0 Å². The first-order chi connectivity index (χ1) is 9.78. The lowest BCUT2D eigenvalue weighted by Gasteiger charge is -2.07. The van der Waals surface area contributed by atoms with Gasteiger partial charge in [0.1, 0.15) is 4.90 Å². The van der Waals surface area contributed by atoms with Crippen molar-refractivity contribution in [2.75, 3.05) is 0 Å². The number of hydrogen-bond donors (Lipinski definition) is 2. The fourth-order valence-electron chi connectivity index (χ4n) is 1.47. The first-order valence-corrected chi connectivity index (χ1v) is 7.79. The Hall–Kier alpha value is -1.61. The molecule has 1 aromatic heterocycles. The first-order valence-electron chi connectivity index (χ1n) is 5.55. The summed E-state index contributed by atoms with van der Waals surface area (Å²) >= 11 is 11.5. The zero-order valence-electron chi connectivity index (χ0n) is 10.7. The molecule has 2 N–H and O–H groups in total. The molecule has 1 aromatic carbocycles. The van der Waals surface area contributed by atoms with E-state index in [4.69, 9.17) is 23.2 Å². The van der Waals surface area contributed by atoms with Crippen molar-refractivity contribution in [1.29, 1.82) is 0 Å². The normalized spacial score (nSPS) is 11.4. The van der Waals surface area contributed by atoms with Crippen LogP contribution in [-0.4, -0.2) is 24.1 Å². The number of amides is 1. The molecular formula is C11H10Cl2N4O3S. The summed E-state index contributed by atoms with van der Waals surface area (Å²) in [5.74, 6) is -0.688. The summed E-state index contributed by atoms with van der Waals surface area (Å²) in [6, 6.07) is 4.18. The standard InChI is InChI=1S/C11H10Cl2N4O3S/c1-17-6-10(5-14-17)21(19,20)16-15-11(18)7-2-8(12)4-9(13)3-7/h2-6,16H,1H3,(H,15,18). The zero-order valence-corrected chi connectivity index (χ0v) is 13.0. The summed E-state index contributed by atoms with van der Waals surface area (Å²) in [5, 5.41) is 4.27. The Labute approximate surface area is 130 Å². The number of carbonyl (C=O) groups excluding carboxylic acids is 1. The highest BCUT2D eigenvalue weighted by atomic mass is 35.5. The van der Waals surface area contributed by atoms with Gasteiger partial charge >= 0.3 is 0 Å². The third-order valence-electron chi connectivity index (χ3n) is 2.42. The molecule has 2 rings (SSSR count). The molecule has 2 aromatic rings. The van der Waals surface area contributed by atoms with Crippen LogP contribution in [0.1, 0.15) is 10.4 Å². The molecule has 1 amide bonds. The molecule has 10 heteroatoms. The maximum atomic E-state index is 11.9. The lowest BCUT2D eigenvalue weighted by molar-refractivity contribution is 0.0945. The van der Waals surface area contributed by atoms with Gasteiger partial charge in [0.15, 0.2) is 0 Å². The zero-order chi connectivity index (χ0) is 15.6. The van der Waals surface area contributed by atoms with E-state index in [1.54, 1.807) is 7.05 Å².